The second-order valence-electron chi connectivity index (χ2n) is 5.41. The van der Waals surface area contributed by atoms with Crippen LogP contribution in [-0.2, 0) is 14.3 Å². The summed E-state index contributed by atoms with van der Waals surface area (Å²) >= 11 is 0. The Labute approximate surface area is 130 Å². The van der Waals surface area contributed by atoms with Gasteiger partial charge in [-0.1, -0.05) is 13.3 Å². The van der Waals surface area contributed by atoms with E-state index >= 15 is 0 Å². The van der Waals surface area contributed by atoms with E-state index in [-0.39, 0.29) is 17.9 Å². The van der Waals surface area contributed by atoms with Gasteiger partial charge in [0.1, 0.15) is 0 Å². The summed E-state index contributed by atoms with van der Waals surface area (Å²) in [5.74, 6) is -0.00286. The molecule has 2 rings (SSSR count). The number of hydrogen-bond donors (Lipinski definition) is 1. The molecule has 1 saturated heterocycles. The standard InChI is InChI=1S/C15H22N4O3/c1-3-4-7-21-10-13-8-12(9-16)15(22-13)19-6-5-14(18-19)17-11(2)20/h5-6,12-13,15H,3-4,7-8,10H2,1-2H3,(H,17,18,20)/t12-,13+,15-/m1/s1. The Balaban J connectivity index is 1.93. The van der Waals surface area contributed by atoms with Crippen LogP contribution in [0.2, 0.25) is 0 Å². The van der Waals surface area contributed by atoms with Crippen molar-refractivity contribution in [1.82, 2.24) is 9.78 Å². The zero-order chi connectivity index (χ0) is 15.9. The minimum absolute atomic E-state index is 0.0973. The molecule has 0 unspecified atom stereocenters. The zero-order valence-electron chi connectivity index (χ0n) is 13.0. The Morgan fingerprint density at radius 2 is 2.50 bits per heavy atom. The molecule has 1 aromatic rings. The third-order valence-electron chi connectivity index (χ3n) is 3.48. The average molecular weight is 306 g/mol. The number of unbranched alkanes of at least 4 members (excludes halogenated alkanes) is 1. The molecule has 0 radical (unpaired) electrons. The molecular formula is C15H22N4O3. The molecule has 1 N–H and O–H groups in total. The highest BCUT2D eigenvalue weighted by atomic mass is 16.6. The molecule has 0 spiro atoms. The van der Waals surface area contributed by atoms with Gasteiger partial charge in [0.05, 0.1) is 24.7 Å². The first-order chi connectivity index (χ1) is 10.6. The van der Waals surface area contributed by atoms with E-state index in [9.17, 15) is 10.1 Å². The molecule has 1 amide bonds. The van der Waals surface area contributed by atoms with Gasteiger partial charge in [-0.05, 0) is 12.8 Å². The van der Waals surface area contributed by atoms with Crippen molar-refractivity contribution >= 4 is 11.7 Å². The van der Waals surface area contributed by atoms with Crippen LogP contribution in [0.15, 0.2) is 12.3 Å². The molecule has 1 aliphatic rings. The van der Waals surface area contributed by atoms with Crippen molar-refractivity contribution in [1.29, 1.82) is 5.26 Å². The van der Waals surface area contributed by atoms with Gasteiger partial charge >= 0.3 is 0 Å². The van der Waals surface area contributed by atoms with E-state index in [1.165, 1.54) is 6.92 Å². The minimum atomic E-state index is -0.438. The third-order valence-corrected chi connectivity index (χ3v) is 3.48. The second-order valence-corrected chi connectivity index (χ2v) is 5.41. The highest BCUT2D eigenvalue weighted by Crippen LogP contribution is 2.34. The predicted octanol–water partition coefficient (Wildman–Crippen LogP) is 2.09. The lowest BCUT2D eigenvalue weighted by atomic mass is 10.1. The summed E-state index contributed by atoms with van der Waals surface area (Å²) in [4.78, 5) is 11.0. The molecule has 2 heterocycles. The van der Waals surface area contributed by atoms with E-state index in [2.05, 4.69) is 23.4 Å². The fraction of sp³-hybridized carbons (Fsp3) is 0.667. The van der Waals surface area contributed by atoms with Crippen LogP contribution in [0.4, 0.5) is 5.82 Å². The van der Waals surface area contributed by atoms with Crippen LogP contribution < -0.4 is 5.32 Å². The van der Waals surface area contributed by atoms with Gasteiger partial charge in [-0.2, -0.15) is 10.4 Å². The number of aromatic nitrogens is 2. The second kappa shape index (κ2) is 7.92. The molecule has 0 saturated carbocycles. The highest BCUT2D eigenvalue weighted by molar-refractivity contribution is 5.87. The van der Waals surface area contributed by atoms with E-state index in [0.717, 1.165) is 12.8 Å². The van der Waals surface area contributed by atoms with Crippen LogP contribution in [0, 0.1) is 17.2 Å². The number of ether oxygens (including phenoxy) is 2. The first kappa shape index (κ1) is 16.5. The topological polar surface area (TPSA) is 89.2 Å². The van der Waals surface area contributed by atoms with E-state index in [1.54, 1.807) is 16.9 Å². The van der Waals surface area contributed by atoms with Crippen LogP contribution in [0.25, 0.3) is 0 Å². The Hall–Kier alpha value is -1.91. The fourth-order valence-electron chi connectivity index (χ4n) is 2.41. The molecule has 7 nitrogen and oxygen atoms in total. The van der Waals surface area contributed by atoms with E-state index in [1.807, 2.05) is 0 Å². The normalized spacial score (nSPS) is 24.1. The van der Waals surface area contributed by atoms with Gasteiger partial charge in [0.15, 0.2) is 12.0 Å². The summed E-state index contributed by atoms with van der Waals surface area (Å²) in [6.45, 7) is 4.75. The summed E-state index contributed by atoms with van der Waals surface area (Å²) in [6.07, 6.45) is 3.92. The molecule has 0 aromatic carbocycles. The third kappa shape index (κ3) is 4.29. The number of nitriles is 1. The first-order valence-corrected chi connectivity index (χ1v) is 7.59. The molecule has 1 aliphatic heterocycles. The predicted molar refractivity (Wildman–Crippen MR) is 79.9 cm³/mol. The average Bonchev–Trinajstić information content (AvgIpc) is 3.09. The van der Waals surface area contributed by atoms with Gasteiger partial charge in [-0.15, -0.1) is 0 Å². The summed E-state index contributed by atoms with van der Waals surface area (Å²) in [6, 6.07) is 3.95. The van der Waals surface area contributed by atoms with Crippen LogP contribution in [0.5, 0.6) is 0 Å². The molecule has 0 bridgehead atoms. The lowest BCUT2D eigenvalue weighted by Gasteiger charge is -2.15. The SMILES string of the molecule is CCCCOC[C@@H]1C[C@H](C#N)[C@H](n2ccc(NC(C)=O)n2)O1. The molecule has 120 valence electrons. The number of nitrogens with one attached hydrogen (secondary N) is 1. The molecule has 3 atom stereocenters. The lowest BCUT2D eigenvalue weighted by Crippen LogP contribution is -2.18. The Morgan fingerprint density at radius 3 is 3.18 bits per heavy atom. The van der Waals surface area contributed by atoms with Gasteiger partial charge in [0.2, 0.25) is 5.91 Å². The number of rotatable bonds is 7. The van der Waals surface area contributed by atoms with Crippen LogP contribution >= 0.6 is 0 Å². The number of anilines is 1. The first-order valence-electron chi connectivity index (χ1n) is 7.59. The monoisotopic (exact) mass is 306 g/mol. The fourth-order valence-corrected chi connectivity index (χ4v) is 2.41. The van der Waals surface area contributed by atoms with Gasteiger partial charge in [-0.3, -0.25) is 4.79 Å². The maximum Gasteiger partial charge on any atom is 0.222 e. The van der Waals surface area contributed by atoms with Crippen molar-refractivity contribution in [3.8, 4) is 6.07 Å². The number of amides is 1. The maximum absolute atomic E-state index is 11.0. The van der Waals surface area contributed by atoms with Gasteiger partial charge in [0, 0.05) is 25.8 Å². The van der Waals surface area contributed by atoms with E-state index < -0.39 is 6.23 Å². The molecule has 1 aromatic heterocycles. The smallest absolute Gasteiger partial charge is 0.222 e. The van der Waals surface area contributed by atoms with Crippen LogP contribution in [0.1, 0.15) is 39.3 Å². The Morgan fingerprint density at radius 1 is 1.68 bits per heavy atom. The van der Waals surface area contributed by atoms with Crippen molar-refractivity contribution in [2.45, 2.75) is 45.4 Å². The molecule has 0 aliphatic carbocycles. The van der Waals surface area contributed by atoms with E-state index in [0.29, 0.717) is 25.5 Å². The van der Waals surface area contributed by atoms with Crippen molar-refractivity contribution in [3.05, 3.63) is 12.3 Å². The van der Waals surface area contributed by atoms with Gasteiger partial charge in [0.25, 0.3) is 0 Å². The summed E-state index contributed by atoms with van der Waals surface area (Å²) in [5.41, 5.74) is 0. The Kier molecular flexibility index (Phi) is 5.92. The number of nitrogens with zero attached hydrogens (tertiary/aromatic N) is 3. The van der Waals surface area contributed by atoms with Crippen LogP contribution in [0.3, 0.4) is 0 Å². The van der Waals surface area contributed by atoms with Crippen molar-refractivity contribution in [2.24, 2.45) is 5.92 Å². The summed E-state index contributed by atoms with van der Waals surface area (Å²) in [7, 11) is 0. The molecule has 1 fully saturated rings. The molecule has 7 heteroatoms. The largest absolute Gasteiger partial charge is 0.379 e. The summed E-state index contributed by atoms with van der Waals surface area (Å²) in [5, 5.41) is 16.1. The molecule has 22 heavy (non-hydrogen) atoms. The minimum Gasteiger partial charge on any atom is -0.379 e. The highest BCUT2D eigenvalue weighted by Gasteiger charge is 2.37. The summed E-state index contributed by atoms with van der Waals surface area (Å²) < 4.78 is 13.1. The number of carbonyl (C=O) groups excluding carboxylic acids is 1. The Bertz CT molecular complexity index is 537. The van der Waals surface area contributed by atoms with Gasteiger partial charge in [-0.25, -0.2) is 4.68 Å². The van der Waals surface area contributed by atoms with Crippen LogP contribution in [-0.4, -0.2) is 35.0 Å². The zero-order valence-corrected chi connectivity index (χ0v) is 13.0. The number of hydrogen-bond acceptors (Lipinski definition) is 5. The van der Waals surface area contributed by atoms with Gasteiger partial charge < -0.3 is 14.8 Å². The molecular weight excluding hydrogens is 284 g/mol. The quantitative estimate of drug-likeness (QED) is 0.779. The lowest BCUT2D eigenvalue weighted by molar-refractivity contribution is -0.114. The van der Waals surface area contributed by atoms with E-state index in [4.69, 9.17) is 9.47 Å². The van der Waals surface area contributed by atoms with Crippen molar-refractivity contribution in [3.63, 3.8) is 0 Å². The van der Waals surface area contributed by atoms with Crippen molar-refractivity contribution in [2.75, 3.05) is 18.5 Å². The van der Waals surface area contributed by atoms with Crippen molar-refractivity contribution < 1.29 is 14.3 Å². The maximum atomic E-state index is 11.0. The number of carbonyl (C=O) groups is 1.